The number of ketones is 1. The van der Waals surface area contributed by atoms with Crippen molar-refractivity contribution in [1.29, 1.82) is 0 Å². The standard InChI is InChI=1S/C18H15ClN2O6S2.H3O4P/c1-9-5-13-14(26-8-25-13)7-11(9)6-12(22)17-15(3-4-28-17)29(23,24)21-18-16(19)10(2)20-27-18;1-5(2,3)4/h3-5,7,21H,6,8H2,1-2H3;(H3,1,2,3,4). The zero-order valence-corrected chi connectivity index (χ0v) is 20.8. The van der Waals surface area contributed by atoms with Crippen molar-refractivity contribution in [1.82, 2.24) is 5.16 Å². The molecule has 0 unspecified atom stereocenters. The molecule has 12 nitrogen and oxygen atoms in total. The van der Waals surface area contributed by atoms with Crippen LogP contribution in [0.3, 0.4) is 0 Å². The number of nitrogens with zero attached hydrogens (tertiary/aromatic N) is 1. The lowest BCUT2D eigenvalue weighted by molar-refractivity contribution is 0.0993. The predicted octanol–water partition coefficient (Wildman–Crippen LogP) is 3.03. The Morgan fingerprint density at radius 1 is 1.24 bits per heavy atom. The Bertz CT molecular complexity index is 1370. The van der Waals surface area contributed by atoms with Crippen LogP contribution in [-0.2, 0) is 21.0 Å². The molecular weight excluding hydrogens is 535 g/mol. The molecule has 0 spiro atoms. The van der Waals surface area contributed by atoms with Crippen LogP contribution in [0.4, 0.5) is 5.88 Å². The summed E-state index contributed by atoms with van der Waals surface area (Å²) in [6, 6.07) is 4.91. The molecule has 0 radical (unpaired) electrons. The number of thiophene rings is 1. The van der Waals surface area contributed by atoms with Gasteiger partial charge in [0.1, 0.15) is 15.6 Å². The number of Topliss-reactive ketones (excluding diaryl/α,β-unsaturated/α-hetero) is 1. The number of phosphoric acid groups is 1. The summed E-state index contributed by atoms with van der Waals surface area (Å²) in [6.45, 7) is 3.57. The number of sulfonamides is 1. The maximum absolute atomic E-state index is 12.9. The molecule has 4 N–H and O–H groups in total. The second-order valence-electron chi connectivity index (χ2n) is 6.88. The minimum atomic E-state index is -4.64. The quantitative estimate of drug-likeness (QED) is 0.260. The minimum absolute atomic E-state index is 0.0215. The highest BCUT2D eigenvalue weighted by Crippen LogP contribution is 2.36. The van der Waals surface area contributed by atoms with E-state index < -0.39 is 17.8 Å². The zero-order chi connectivity index (χ0) is 25.3. The molecule has 0 saturated heterocycles. The van der Waals surface area contributed by atoms with E-state index in [1.54, 1.807) is 24.4 Å². The fourth-order valence-electron chi connectivity index (χ4n) is 2.84. The van der Waals surface area contributed by atoms with E-state index in [4.69, 9.17) is 44.8 Å². The molecule has 0 atom stereocenters. The lowest BCUT2D eigenvalue weighted by Gasteiger charge is -2.09. The van der Waals surface area contributed by atoms with Gasteiger partial charge in [-0.05, 0) is 48.6 Å². The highest BCUT2D eigenvalue weighted by Gasteiger charge is 2.27. The number of anilines is 1. The summed E-state index contributed by atoms with van der Waals surface area (Å²) >= 11 is 7.03. The Hall–Kier alpha value is -2.45. The van der Waals surface area contributed by atoms with Gasteiger partial charge in [0, 0.05) is 6.42 Å². The molecule has 3 aromatic rings. The number of ether oxygens (including phenoxy) is 2. The van der Waals surface area contributed by atoms with Crippen LogP contribution in [0.2, 0.25) is 5.02 Å². The number of carbonyl (C=O) groups excluding carboxylic acids is 1. The van der Waals surface area contributed by atoms with Crippen LogP contribution in [0.15, 0.2) is 33.0 Å². The van der Waals surface area contributed by atoms with Crippen LogP contribution >= 0.6 is 30.8 Å². The molecule has 0 bridgehead atoms. The topological polar surface area (TPSA) is 185 Å². The van der Waals surface area contributed by atoms with Gasteiger partial charge in [0.2, 0.25) is 6.79 Å². The van der Waals surface area contributed by atoms with Crippen LogP contribution in [0.25, 0.3) is 0 Å². The molecule has 34 heavy (non-hydrogen) atoms. The molecule has 3 heterocycles. The minimum Gasteiger partial charge on any atom is -0.454 e. The van der Waals surface area contributed by atoms with Crippen molar-refractivity contribution in [3.05, 3.63) is 50.3 Å². The highest BCUT2D eigenvalue weighted by atomic mass is 35.5. The molecule has 0 fully saturated rings. The van der Waals surface area contributed by atoms with Gasteiger partial charge in [0.05, 0.1) is 4.88 Å². The molecular formula is C18H18ClN2O10PS2. The summed E-state index contributed by atoms with van der Waals surface area (Å²) in [4.78, 5) is 34.4. The van der Waals surface area contributed by atoms with Crippen molar-refractivity contribution < 1.29 is 46.5 Å². The van der Waals surface area contributed by atoms with E-state index in [0.29, 0.717) is 17.2 Å². The van der Waals surface area contributed by atoms with Gasteiger partial charge >= 0.3 is 7.82 Å². The van der Waals surface area contributed by atoms with Crippen LogP contribution in [0, 0.1) is 13.8 Å². The largest absolute Gasteiger partial charge is 0.466 e. The third kappa shape index (κ3) is 6.36. The molecule has 0 aliphatic carbocycles. The monoisotopic (exact) mass is 552 g/mol. The third-order valence-corrected chi connectivity index (χ3v) is 7.28. The summed E-state index contributed by atoms with van der Waals surface area (Å²) in [5.41, 5.74) is 1.94. The van der Waals surface area contributed by atoms with E-state index in [0.717, 1.165) is 22.5 Å². The molecule has 1 aliphatic rings. The van der Waals surface area contributed by atoms with E-state index in [-0.39, 0.29) is 39.7 Å². The summed E-state index contributed by atoms with van der Waals surface area (Å²) in [5, 5.41) is 5.22. The average molecular weight is 553 g/mol. The number of aryl methyl sites for hydroxylation is 2. The first-order valence-electron chi connectivity index (χ1n) is 9.19. The number of rotatable bonds is 6. The summed E-state index contributed by atoms with van der Waals surface area (Å²) in [6.07, 6.45) is 0.0215. The molecule has 4 rings (SSSR count). The maximum Gasteiger partial charge on any atom is 0.466 e. The molecule has 16 heteroatoms. The van der Waals surface area contributed by atoms with Crippen molar-refractivity contribution in [3.8, 4) is 11.5 Å². The maximum atomic E-state index is 12.9. The first-order chi connectivity index (χ1) is 15.8. The number of aromatic nitrogens is 1. The summed E-state index contributed by atoms with van der Waals surface area (Å²) in [7, 11) is -8.73. The van der Waals surface area contributed by atoms with Crippen LogP contribution in [-0.4, -0.2) is 40.8 Å². The number of fused-ring (bicyclic) bond motifs is 1. The van der Waals surface area contributed by atoms with Gasteiger partial charge in [0.15, 0.2) is 17.3 Å². The number of benzene rings is 1. The van der Waals surface area contributed by atoms with E-state index >= 15 is 0 Å². The fraction of sp³-hybridized carbons (Fsp3) is 0.222. The Morgan fingerprint density at radius 2 is 1.85 bits per heavy atom. The second-order valence-corrected chi connectivity index (χ2v) is 10.8. The first-order valence-corrected chi connectivity index (χ1v) is 13.5. The average Bonchev–Trinajstić information content (AvgIpc) is 3.44. The van der Waals surface area contributed by atoms with Crippen LogP contribution in [0.5, 0.6) is 11.5 Å². The van der Waals surface area contributed by atoms with Gasteiger partial charge in [-0.1, -0.05) is 16.8 Å². The number of carbonyl (C=O) groups is 1. The van der Waals surface area contributed by atoms with Gasteiger partial charge in [-0.2, -0.15) is 0 Å². The van der Waals surface area contributed by atoms with Crippen molar-refractivity contribution in [3.63, 3.8) is 0 Å². The van der Waals surface area contributed by atoms with Crippen molar-refractivity contribution in [2.24, 2.45) is 0 Å². The molecule has 0 amide bonds. The number of nitrogens with one attached hydrogen (secondary N) is 1. The van der Waals surface area contributed by atoms with Gasteiger partial charge in [-0.25, -0.2) is 17.7 Å². The second kappa shape index (κ2) is 10.0. The summed E-state index contributed by atoms with van der Waals surface area (Å²) in [5.74, 6) is 0.665. The van der Waals surface area contributed by atoms with Gasteiger partial charge in [0.25, 0.3) is 15.9 Å². The van der Waals surface area contributed by atoms with Crippen molar-refractivity contribution in [2.45, 2.75) is 25.2 Å². The van der Waals surface area contributed by atoms with E-state index in [1.807, 2.05) is 6.92 Å². The Kier molecular flexibility index (Phi) is 7.72. The van der Waals surface area contributed by atoms with Crippen LogP contribution in [0.1, 0.15) is 26.5 Å². The fourth-order valence-corrected chi connectivity index (χ4v) is 5.40. The van der Waals surface area contributed by atoms with Crippen molar-refractivity contribution in [2.75, 3.05) is 11.5 Å². The molecule has 1 aromatic carbocycles. The smallest absolute Gasteiger partial charge is 0.454 e. The van der Waals surface area contributed by atoms with Gasteiger partial charge < -0.3 is 28.7 Å². The normalized spacial score (nSPS) is 12.8. The SMILES string of the molecule is Cc1cc2c(cc1CC(=O)c1sccc1S(=O)(=O)Nc1onc(C)c1Cl)OCO2.O=P(O)(O)O. The summed E-state index contributed by atoms with van der Waals surface area (Å²) < 4.78 is 52.3. The Balaban J connectivity index is 0.000000588. The zero-order valence-electron chi connectivity index (χ0n) is 17.5. The lowest BCUT2D eigenvalue weighted by atomic mass is 10.0. The Morgan fingerprint density at radius 3 is 2.44 bits per heavy atom. The van der Waals surface area contributed by atoms with E-state index in [1.165, 1.54) is 6.07 Å². The molecule has 184 valence electrons. The number of hydrogen-bond donors (Lipinski definition) is 4. The van der Waals surface area contributed by atoms with Crippen molar-refractivity contribution >= 4 is 52.5 Å². The van der Waals surface area contributed by atoms with Gasteiger partial charge in [-0.3, -0.25) is 4.79 Å². The van der Waals surface area contributed by atoms with E-state index in [9.17, 15) is 13.2 Å². The van der Waals surface area contributed by atoms with E-state index in [2.05, 4.69) is 9.88 Å². The highest BCUT2D eigenvalue weighted by molar-refractivity contribution is 7.93. The number of halogens is 1. The number of hydrogen-bond acceptors (Lipinski definition) is 9. The Labute approximate surface area is 202 Å². The lowest BCUT2D eigenvalue weighted by Crippen LogP contribution is -2.16. The first kappa shape index (κ1) is 26.2. The van der Waals surface area contributed by atoms with Gasteiger partial charge in [-0.15, -0.1) is 11.3 Å². The van der Waals surface area contributed by atoms with Crippen LogP contribution < -0.4 is 14.2 Å². The predicted molar refractivity (Wildman–Crippen MR) is 121 cm³/mol. The molecule has 0 saturated carbocycles. The molecule has 1 aliphatic heterocycles. The molecule has 2 aromatic heterocycles. The third-order valence-electron chi connectivity index (χ3n) is 4.37.